The molecule has 38 heavy (non-hydrogen) atoms. The Hall–Kier alpha value is -3.15. The van der Waals surface area contributed by atoms with Crippen LogP contribution in [0, 0.1) is 0 Å². The van der Waals surface area contributed by atoms with Gasteiger partial charge in [0.1, 0.15) is 11.9 Å². The summed E-state index contributed by atoms with van der Waals surface area (Å²) < 4.78 is 6.30. The van der Waals surface area contributed by atoms with E-state index in [1.165, 1.54) is 37.1 Å². The lowest BCUT2D eigenvalue weighted by atomic mass is 9.90. The average Bonchev–Trinajstić information content (AvgIpc) is 3.50. The molecule has 2 saturated heterocycles. The fourth-order valence-corrected chi connectivity index (χ4v) is 5.73. The van der Waals surface area contributed by atoms with Gasteiger partial charge < -0.3 is 19.9 Å². The highest BCUT2D eigenvalue weighted by Gasteiger charge is 2.24. The van der Waals surface area contributed by atoms with Crippen molar-refractivity contribution in [3.63, 3.8) is 0 Å². The highest BCUT2D eigenvalue weighted by molar-refractivity contribution is 5.94. The quantitative estimate of drug-likeness (QED) is 0.342. The van der Waals surface area contributed by atoms with Gasteiger partial charge in [0.25, 0.3) is 5.91 Å². The van der Waals surface area contributed by atoms with Gasteiger partial charge in [0, 0.05) is 37.7 Å². The molecule has 5 nitrogen and oxygen atoms in total. The third-order valence-corrected chi connectivity index (χ3v) is 7.93. The van der Waals surface area contributed by atoms with Crippen molar-refractivity contribution in [3.05, 3.63) is 102 Å². The molecular formula is C33H41N3O2. The van der Waals surface area contributed by atoms with Crippen LogP contribution in [0.25, 0.3) is 0 Å². The molecule has 2 fully saturated rings. The minimum absolute atomic E-state index is 0.00216. The maximum absolute atomic E-state index is 12.5. The summed E-state index contributed by atoms with van der Waals surface area (Å²) in [4.78, 5) is 17.6. The first-order valence-corrected chi connectivity index (χ1v) is 14.3. The molecule has 2 heterocycles. The topological polar surface area (TPSA) is 44.8 Å². The van der Waals surface area contributed by atoms with Crippen LogP contribution in [0.5, 0.6) is 5.75 Å². The number of nitrogens with one attached hydrogen (secondary N) is 1. The molecule has 3 aromatic carbocycles. The van der Waals surface area contributed by atoms with Crippen molar-refractivity contribution in [3.8, 4) is 5.75 Å². The maximum Gasteiger partial charge on any atom is 0.251 e. The Morgan fingerprint density at radius 2 is 1.39 bits per heavy atom. The monoisotopic (exact) mass is 511 g/mol. The first kappa shape index (κ1) is 26.5. The smallest absolute Gasteiger partial charge is 0.251 e. The van der Waals surface area contributed by atoms with Crippen molar-refractivity contribution in [1.29, 1.82) is 0 Å². The van der Waals surface area contributed by atoms with Crippen LogP contribution in [0.15, 0.2) is 84.9 Å². The zero-order valence-electron chi connectivity index (χ0n) is 22.4. The van der Waals surface area contributed by atoms with E-state index in [0.29, 0.717) is 11.5 Å². The summed E-state index contributed by atoms with van der Waals surface area (Å²) in [6, 6.07) is 29.3. The van der Waals surface area contributed by atoms with E-state index in [1.807, 2.05) is 24.3 Å². The lowest BCUT2D eigenvalue weighted by molar-refractivity contribution is 0.0950. The summed E-state index contributed by atoms with van der Waals surface area (Å²) in [6.45, 7) is 7.28. The van der Waals surface area contributed by atoms with E-state index in [-0.39, 0.29) is 12.0 Å². The molecule has 200 valence electrons. The zero-order chi connectivity index (χ0) is 26.0. The fourth-order valence-electron chi connectivity index (χ4n) is 5.73. The maximum atomic E-state index is 12.5. The molecule has 3 aromatic rings. The molecule has 0 atom stereocenters. The lowest BCUT2D eigenvalue weighted by Crippen LogP contribution is -2.40. The van der Waals surface area contributed by atoms with Gasteiger partial charge in [-0.1, -0.05) is 60.7 Å². The number of nitrogens with zero attached hydrogens (tertiary/aromatic N) is 2. The number of rotatable bonds is 11. The van der Waals surface area contributed by atoms with Crippen LogP contribution in [0.2, 0.25) is 0 Å². The van der Waals surface area contributed by atoms with Gasteiger partial charge in [-0.15, -0.1) is 0 Å². The minimum atomic E-state index is -0.00216. The van der Waals surface area contributed by atoms with Crippen LogP contribution in [0.3, 0.4) is 0 Å². The predicted molar refractivity (Wildman–Crippen MR) is 154 cm³/mol. The van der Waals surface area contributed by atoms with Crippen LogP contribution in [-0.2, 0) is 0 Å². The molecular weight excluding hydrogens is 470 g/mol. The zero-order valence-corrected chi connectivity index (χ0v) is 22.4. The summed E-state index contributed by atoms with van der Waals surface area (Å²) in [5.41, 5.74) is 3.43. The van der Waals surface area contributed by atoms with Gasteiger partial charge in [-0.05, 0) is 87.1 Å². The van der Waals surface area contributed by atoms with E-state index in [1.54, 1.807) is 0 Å². The van der Waals surface area contributed by atoms with Crippen molar-refractivity contribution < 1.29 is 9.53 Å². The first-order valence-electron chi connectivity index (χ1n) is 14.3. The Morgan fingerprint density at radius 3 is 2.00 bits per heavy atom. The van der Waals surface area contributed by atoms with Crippen LogP contribution in [0.4, 0.5) is 0 Å². The second-order valence-corrected chi connectivity index (χ2v) is 10.7. The number of piperidine rings is 1. The summed E-state index contributed by atoms with van der Waals surface area (Å²) >= 11 is 0. The molecule has 0 saturated carbocycles. The lowest BCUT2D eigenvalue weighted by Gasteiger charge is -2.34. The molecule has 0 aliphatic carbocycles. The third kappa shape index (κ3) is 7.46. The minimum Gasteiger partial charge on any atom is -0.490 e. The first-order chi connectivity index (χ1) is 18.7. The number of ether oxygens (including phenoxy) is 1. The highest BCUT2D eigenvalue weighted by atomic mass is 16.5. The highest BCUT2D eigenvalue weighted by Crippen LogP contribution is 2.28. The number of carbonyl (C=O) groups excluding carboxylic acids is 1. The Morgan fingerprint density at radius 1 is 0.789 bits per heavy atom. The van der Waals surface area contributed by atoms with Gasteiger partial charge in [-0.2, -0.15) is 0 Å². The van der Waals surface area contributed by atoms with E-state index < -0.39 is 0 Å². The molecule has 0 unspecified atom stereocenters. The second kappa shape index (κ2) is 13.6. The Bertz CT molecular complexity index is 1070. The van der Waals surface area contributed by atoms with Crippen molar-refractivity contribution in [2.24, 2.45) is 0 Å². The van der Waals surface area contributed by atoms with Crippen LogP contribution in [0.1, 0.15) is 59.5 Å². The molecule has 1 amide bonds. The van der Waals surface area contributed by atoms with Gasteiger partial charge in [0.05, 0.1) is 0 Å². The normalized spacial score (nSPS) is 17.1. The van der Waals surface area contributed by atoms with Crippen molar-refractivity contribution >= 4 is 5.91 Å². The molecule has 0 radical (unpaired) electrons. The van der Waals surface area contributed by atoms with Crippen LogP contribution >= 0.6 is 0 Å². The van der Waals surface area contributed by atoms with E-state index >= 15 is 0 Å². The largest absolute Gasteiger partial charge is 0.490 e. The van der Waals surface area contributed by atoms with Gasteiger partial charge in [0.2, 0.25) is 0 Å². The molecule has 5 heteroatoms. The molecule has 0 bridgehead atoms. The van der Waals surface area contributed by atoms with Crippen molar-refractivity contribution in [1.82, 2.24) is 15.1 Å². The number of hydrogen-bond donors (Lipinski definition) is 1. The summed E-state index contributed by atoms with van der Waals surface area (Å²) in [7, 11) is 0. The summed E-state index contributed by atoms with van der Waals surface area (Å²) in [6.07, 6.45) is 5.85. The molecule has 2 aliphatic heterocycles. The molecule has 5 rings (SSSR count). The SMILES string of the molecule is O=C(NCCCN1CCCC1)c1ccc(OC2CCN(CC(c3ccccc3)c3ccccc3)CC2)cc1. The summed E-state index contributed by atoms with van der Waals surface area (Å²) in [5.74, 6) is 1.21. The Balaban J connectivity index is 1.07. The van der Waals surface area contributed by atoms with E-state index in [4.69, 9.17) is 4.74 Å². The van der Waals surface area contributed by atoms with Crippen molar-refractivity contribution in [2.45, 2.75) is 44.1 Å². The summed E-state index contributed by atoms with van der Waals surface area (Å²) in [5, 5.41) is 3.06. The number of hydrogen-bond acceptors (Lipinski definition) is 4. The number of carbonyl (C=O) groups is 1. The standard InChI is InChI=1S/C33H41N3O2/c37-33(34-20-9-23-35-21-7-8-22-35)29-14-16-30(17-15-29)38-31-18-24-36(25-19-31)26-32(27-10-3-1-4-11-27)28-12-5-2-6-13-28/h1-6,10-17,31-32H,7-9,18-26H2,(H,34,37). The van der Waals surface area contributed by atoms with Crippen molar-refractivity contribution in [2.75, 3.05) is 45.8 Å². The molecule has 1 N–H and O–H groups in total. The van der Waals surface area contributed by atoms with Gasteiger partial charge in [-0.3, -0.25) is 4.79 Å². The van der Waals surface area contributed by atoms with Gasteiger partial charge >= 0.3 is 0 Å². The fraction of sp³-hybridized carbons (Fsp3) is 0.424. The van der Waals surface area contributed by atoms with E-state index in [0.717, 1.165) is 57.7 Å². The number of amides is 1. The molecule has 2 aliphatic rings. The third-order valence-electron chi connectivity index (χ3n) is 7.93. The van der Waals surface area contributed by atoms with Crippen LogP contribution < -0.4 is 10.1 Å². The van der Waals surface area contributed by atoms with Gasteiger partial charge in [-0.25, -0.2) is 0 Å². The Kier molecular flexibility index (Phi) is 9.46. The van der Waals surface area contributed by atoms with E-state index in [9.17, 15) is 4.79 Å². The van der Waals surface area contributed by atoms with Crippen LogP contribution in [-0.4, -0.2) is 67.6 Å². The molecule has 0 aromatic heterocycles. The Labute approximate surface area is 227 Å². The number of likely N-dealkylation sites (tertiary alicyclic amines) is 2. The van der Waals surface area contributed by atoms with E-state index in [2.05, 4.69) is 75.8 Å². The molecule has 0 spiro atoms. The number of benzene rings is 3. The predicted octanol–water partition coefficient (Wildman–Crippen LogP) is 5.58. The van der Waals surface area contributed by atoms with Gasteiger partial charge in [0.15, 0.2) is 0 Å². The average molecular weight is 512 g/mol. The second-order valence-electron chi connectivity index (χ2n) is 10.7.